The van der Waals surface area contributed by atoms with Crippen molar-refractivity contribution in [2.75, 3.05) is 14.1 Å². The molecule has 4 nitrogen and oxygen atoms in total. The van der Waals surface area contributed by atoms with Crippen LogP contribution in [0.2, 0.25) is 0 Å². The molecular weight excluding hydrogens is 302 g/mol. The van der Waals surface area contributed by atoms with Gasteiger partial charge < -0.3 is 0 Å². The van der Waals surface area contributed by atoms with Crippen molar-refractivity contribution < 1.29 is 12.6 Å². The van der Waals surface area contributed by atoms with Crippen LogP contribution in [0.25, 0.3) is 0 Å². The maximum absolute atomic E-state index is 12.3. The van der Waals surface area contributed by atoms with Crippen LogP contribution in [0.3, 0.4) is 0 Å². The van der Waals surface area contributed by atoms with E-state index in [0.29, 0.717) is 9.79 Å². The minimum Gasteiger partial charge on any atom is -0.249 e. The third-order valence-corrected chi connectivity index (χ3v) is 7.20. The Labute approximate surface area is 119 Å². The first-order chi connectivity index (χ1) is 8.93. The zero-order chi connectivity index (χ0) is 14.0. The van der Waals surface area contributed by atoms with Gasteiger partial charge in [0, 0.05) is 24.4 Å². The molecule has 19 heavy (non-hydrogen) atoms. The first kappa shape index (κ1) is 14.4. The Balaban J connectivity index is 2.35. The third-order valence-electron chi connectivity index (χ3n) is 2.46. The first-order valence-electron chi connectivity index (χ1n) is 5.41. The fourth-order valence-corrected chi connectivity index (χ4v) is 5.15. The van der Waals surface area contributed by atoms with Gasteiger partial charge in [0.25, 0.3) is 10.0 Å². The van der Waals surface area contributed by atoms with Crippen LogP contribution in [-0.4, -0.2) is 31.0 Å². The lowest BCUT2D eigenvalue weighted by Crippen LogP contribution is -2.21. The number of benzene rings is 1. The number of rotatable bonds is 4. The van der Waals surface area contributed by atoms with E-state index < -0.39 is 20.8 Å². The van der Waals surface area contributed by atoms with E-state index in [2.05, 4.69) is 0 Å². The Kier molecular flexibility index (Phi) is 4.19. The second kappa shape index (κ2) is 5.54. The summed E-state index contributed by atoms with van der Waals surface area (Å²) in [7, 11) is -1.85. The first-order valence-corrected chi connectivity index (χ1v) is 8.88. The summed E-state index contributed by atoms with van der Waals surface area (Å²) in [6, 6.07) is 10.4. The van der Waals surface area contributed by atoms with E-state index in [0.717, 1.165) is 15.6 Å². The van der Waals surface area contributed by atoms with Gasteiger partial charge in [0.1, 0.15) is 4.21 Å². The van der Waals surface area contributed by atoms with Gasteiger partial charge in [-0.15, -0.1) is 11.3 Å². The van der Waals surface area contributed by atoms with E-state index in [9.17, 15) is 12.6 Å². The van der Waals surface area contributed by atoms with E-state index >= 15 is 0 Å². The van der Waals surface area contributed by atoms with E-state index in [-0.39, 0.29) is 4.21 Å². The fourth-order valence-electron chi connectivity index (χ4n) is 1.39. The lowest BCUT2D eigenvalue weighted by Gasteiger charge is -2.08. The number of thiophene rings is 1. The topological polar surface area (TPSA) is 54.5 Å². The Morgan fingerprint density at radius 3 is 2.32 bits per heavy atom. The normalized spacial score (nSPS) is 13.6. The standard InChI is InChI=1S/C12H13NO3S3/c1-13(2)19(15,16)12-8-11(9-17-12)18(14)10-6-4-3-5-7-10/h3-9H,1-2H3. The minimum absolute atomic E-state index is 0.205. The van der Waals surface area contributed by atoms with Gasteiger partial charge in [-0.25, -0.2) is 16.9 Å². The Morgan fingerprint density at radius 2 is 1.74 bits per heavy atom. The van der Waals surface area contributed by atoms with Crippen LogP contribution in [0.1, 0.15) is 0 Å². The predicted molar refractivity (Wildman–Crippen MR) is 76.3 cm³/mol. The van der Waals surface area contributed by atoms with E-state index in [1.807, 2.05) is 6.07 Å². The molecule has 0 aliphatic rings. The van der Waals surface area contributed by atoms with Gasteiger partial charge in [-0.2, -0.15) is 0 Å². The van der Waals surface area contributed by atoms with E-state index in [4.69, 9.17) is 0 Å². The molecule has 0 N–H and O–H groups in total. The monoisotopic (exact) mass is 315 g/mol. The van der Waals surface area contributed by atoms with Gasteiger partial charge >= 0.3 is 0 Å². The van der Waals surface area contributed by atoms with Gasteiger partial charge in [0.15, 0.2) is 0 Å². The van der Waals surface area contributed by atoms with Crippen LogP contribution in [-0.2, 0) is 20.8 Å². The second-order valence-corrected chi connectivity index (χ2v) is 8.74. The molecule has 0 saturated heterocycles. The molecule has 1 heterocycles. The molecule has 1 aromatic heterocycles. The van der Waals surface area contributed by atoms with Crippen molar-refractivity contribution in [1.29, 1.82) is 0 Å². The summed E-state index contributed by atoms with van der Waals surface area (Å²) in [5.41, 5.74) is 0. The molecule has 0 aliphatic heterocycles. The highest BCUT2D eigenvalue weighted by atomic mass is 32.2. The summed E-state index contributed by atoms with van der Waals surface area (Å²) < 4.78 is 37.5. The molecule has 0 radical (unpaired) electrons. The summed E-state index contributed by atoms with van der Waals surface area (Å²) in [5, 5.41) is 1.62. The van der Waals surface area contributed by atoms with Crippen molar-refractivity contribution in [3.05, 3.63) is 41.8 Å². The summed E-state index contributed by atoms with van der Waals surface area (Å²) >= 11 is 1.09. The van der Waals surface area contributed by atoms with Gasteiger partial charge in [-0.05, 0) is 18.2 Å². The summed E-state index contributed by atoms with van der Waals surface area (Å²) in [5.74, 6) is 0. The Hall–Kier alpha value is -1.02. The lowest BCUT2D eigenvalue weighted by molar-refractivity contribution is 0.523. The fraction of sp³-hybridized carbons (Fsp3) is 0.167. The maximum Gasteiger partial charge on any atom is 0.252 e. The average Bonchev–Trinajstić information content (AvgIpc) is 2.89. The molecule has 7 heteroatoms. The van der Waals surface area contributed by atoms with Crippen LogP contribution in [0, 0.1) is 0 Å². The molecule has 1 atom stereocenters. The molecule has 2 rings (SSSR count). The summed E-state index contributed by atoms with van der Waals surface area (Å²) in [4.78, 5) is 1.17. The summed E-state index contributed by atoms with van der Waals surface area (Å²) in [6.45, 7) is 0. The van der Waals surface area contributed by atoms with Crippen molar-refractivity contribution >= 4 is 32.2 Å². The molecule has 1 unspecified atom stereocenters. The van der Waals surface area contributed by atoms with Gasteiger partial charge in [-0.1, -0.05) is 18.2 Å². The highest BCUT2D eigenvalue weighted by Crippen LogP contribution is 2.26. The Morgan fingerprint density at radius 1 is 1.11 bits per heavy atom. The summed E-state index contributed by atoms with van der Waals surface area (Å²) in [6.07, 6.45) is 0. The molecule has 0 fully saturated rings. The number of nitrogens with zero attached hydrogens (tertiary/aromatic N) is 1. The van der Waals surface area contributed by atoms with Crippen LogP contribution < -0.4 is 0 Å². The van der Waals surface area contributed by atoms with Crippen molar-refractivity contribution in [3.63, 3.8) is 0 Å². The predicted octanol–water partition coefficient (Wildman–Crippen LogP) is 2.17. The van der Waals surface area contributed by atoms with Crippen molar-refractivity contribution in [2.24, 2.45) is 0 Å². The van der Waals surface area contributed by atoms with Gasteiger partial charge in [0.05, 0.1) is 15.7 Å². The zero-order valence-corrected chi connectivity index (χ0v) is 12.9. The second-order valence-electron chi connectivity index (χ2n) is 3.97. The average molecular weight is 315 g/mol. The number of hydrogen-bond acceptors (Lipinski definition) is 4. The van der Waals surface area contributed by atoms with Crippen LogP contribution in [0.4, 0.5) is 0 Å². The van der Waals surface area contributed by atoms with Crippen LogP contribution in [0.15, 0.2) is 55.8 Å². The highest BCUT2D eigenvalue weighted by molar-refractivity contribution is 7.91. The molecule has 0 amide bonds. The largest absolute Gasteiger partial charge is 0.252 e. The van der Waals surface area contributed by atoms with Crippen LogP contribution in [0.5, 0.6) is 0 Å². The SMILES string of the molecule is CN(C)S(=O)(=O)c1cc(S(=O)c2ccccc2)cs1. The molecule has 0 aliphatic carbocycles. The maximum atomic E-state index is 12.3. The molecular formula is C12H13NO3S3. The zero-order valence-electron chi connectivity index (χ0n) is 10.4. The van der Waals surface area contributed by atoms with E-state index in [1.165, 1.54) is 20.2 Å². The van der Waals surface area contributed by atoms with Gasteiger partial charge in [0.2, 0.25) is 0 Å². The van der Waals surface area contributed by atoms with Gasteiger partial charge in [-0.3, -0.25) is 0 Å². The molecule has 1 aromatic carbocycles. The Bertz CT molecular complexity index is 690. The lowest BCUT2D eigenvalue weighted by atomic mass is 10.4. The molecule has 102 valence electrons. The molecule has 0 spiro atoms. The highest BCUT2D eigenvalue weighted by Gasteiger charge is 2.21. The number of sulfonamides is 1. The molecule has 0 saturated carbocycles. The smallest absolute Gasteiger partial charge is 0.249 e. The van der Waals surface area contributed by atoms with Crippen LogP contribution >= 0.6 is 11.3 Å². The minimum atomic E-state index is -3.45. The quantitative estimate of drug-likeness (QED) is 0.869. The number of hydrogen-bond donors (Lipinski definition) is 0. The van der Waals surface area contributed by atoms with Crippen molar-refractivity contribution in [2.45, 2.75) is 14.0 Å². The van der Waals surface area contributed by atoms with Crippen molar-refractivity contribution in [1.82, 2.24) is 4.31 Å². The molecule has 2 aromatic rings. The van der Waals surface area contributed by atoms with Crippen molar-refractivity contribution in [3.8, 4) is 0 Å². The van der Waals surface area contributed by atoms with E-state index in [1.54, 1.807) is 29.6 Å². The molecule has 0 bridgehead atoms. The third kappa shape index (κ3) is 2.94.